The van der Waals surface area contributed by atoms with Gasteiger partial charge in [-0.05, 0) is 36.1 Å². The molecule has 0 saturated carbocycles. The molecular weight excluding hydrogens is 342 g/mol. The van der Waals surface area contributed by atoms with Crippen molar-refractivity contribution in [1.82, 2.24) is 9.97 Å². The minimum atomic E-state index is -0.464. The van der Waals surface area contributed by atoms with Crippen molar-refractivity contribution in [3.8, 4) is 0 Å². The van der Waals surface area contributed by atoms with Crippen LogP contribution in [0.2, 0.25) is 0 Å². The summed E-state index contributed by atoms with van der Waals surface area (Å²) in [5.74, 6) is 0.319. The number of benzene rings is 2. The van der Waals surface area contributed by atoms with Crippen molar-refractivity contribution in [1.29, 1.82) is 0 Å². The van der Waals surface area contributed by atoms with E-state index in [1.54, 1.807) is 0 Å². The second-order valence-corrected chi connectivity index (χ2v) is 5.95. The van der Waals surface area contributed by atoms with Crippen molar-refractivity contribution in [2.45, 2.75) is 26.7 Å². The topological polar surface area (TPSA) is 93.0 Å². The SMILES string of the molecule is CCc1ccccc1Nc1ncnc(Nc2ccccc2CC)c1[N+](=O)[O-]. The van der Waals surface area contributed by atoms with Gasteiger partial charge in [0.2, 0.25) is 11.6 Å². The Hall–Kier alpha value is -3.48. The largest absolute Gasteiger partial charge is 0.353 e. The molecule has 0 radical (unpaired) electrons. The Morgan fingerprint density at radius 2 is 1.30 bits per heavy atom. The van der Waals surface area contributed by atoms with Crippen molar-refractivity contribution in [2.75, 3.05) is 10.6 Å². The molecule has 0 bridgehead atoms. The number of hydrogen-bond donors (Lipinski definition) is 2. The first kappa shape index (κ1) is 18.3. The number of nitrogens with zero attached hydrogens (tertiary/aromatic N) is 3. The van der Waals surface area contributed by atoms with E-state index < -0.39 is 4.92 Å². The average Bonchev–Trinajstić information content (AvgIpc) is 2.68. The fraction of sp³-hybridized carbons (Fsp3) is 0.200. The van der Waals surface area contributed by atoms with E-state index in [0.29, 0.717) is 0 Å². The van der Waals surface area contributed by atoms with E-state index in [0.717, 1.165) is 35.3 Å². The molecule has 0 unspecified atom stereocenters. The molecule has 1 aromatic heterocycles. The molecule has 0 saturated heterocycles. The summed E-state index contributed by atoms with van der Waals surface area (Å²) in [5, 5.41) is 18.0. The summed E-state index contributed by atoms with van der Waals surface area (Å²) in [7, 11) is 0. The molecule has 1 heterocycles. The van der Waals surface area contributed by atoms with Crippen LogP contribution in [0.25, 0.3) is 0 Å². The number of hydrogen-bond acceptors (Lipinski definition) is 6. The van der Waals surface area contributed by atoms with Gasteiger partial charge in [0.25, 0.3) is 0 Å². The van der Waals surface area contributed by atoms with Gasteiger partial charge in [0.1, 0.15) is 6.33 Å². The summed E-state index contributed by atoms with van der Waals surface area (Å²) >= 11 is 0. The summed E-state index contributed by atoms with van der Waals surface area (Å²) in [6.07, 6.45) is 2.93. The van der Waals surface area contributed by atoms with E-state index in [1.807, 2.05) is 62.4 Å². The van der Waals surface area contributed by atoms with Gasteiger partial charge in [0.05, 0.1) is 4.92 Å². The Labute approximate surface area is 157 Å². The second kappa shape index (κ2) is 8.27. The van der Waals surface area contributed by atoms with E-state index in [4.69, 9.17) is 0 Å². The maximum atomic E-state index is 11.8. The smallest absolute Gasteiger partial charge is 0.334 e. The third kappa shape index (κ3) is 4.03. The maximum absolute atomic E-state index is 11.8. The van der Waals surface area contributed by atoms with Crippen molar-refractivity contribution < 1.29 is 4.92 Å². The molecule has 3 rings (SSSR count). The van der Waals surface area contributed by atoms with Crippen molar-refractivity contribution in [3.63, 3.8) is 0 Å². The van der Waals surface area contributed by atoms with Crippen molar-refractivity contribution >= 4 is 28.7 Å². The number of anilines is 4. The van der Waals surface area contributed by atoms with Crippen LogP contribution >= 0.6 is 0 Å². The van der Waals surface area contributed by atoms with Crippen molar-refractivity contribution in [3.05, 3.63) is 76.1 Å². The normalized spacial score (nSPS) is 10.4. The van der Waals surface area contributed by atoms with E-state index in [-0.39, 0.29) is 17.3 Å². The lowest BCUT2D eigenvalue weighted by Crippen LogP contribution is -2.07. The second-order valence-electron chi connectivity index (χ2n) is 5.95. The first-order valence-corrected chi connectivity index (χ1v) is 8.83. The fourth-order valence-electron chi connectivity index (χ4n) is 2.89. The van der Waals surface area contributed by atoms with Crippen LogP contribution in [0.1, 0.15) is 25.0 Å². The number of para-hydroxylation sites is 2. The van der Waals surface area contributed by atoms with Crippen molar-refractivity contribution in [2.24, 2.45) is 0 Å². The molecule has 0 aliphatic heterocycles. The monoisotopic (exact) mass is 363 g/mol. The number of rotatable bonds is 7. The van der Waals surface area contributed by atoms with E-state index >= 15 is 0 Å². The predicted molar refractivity (Wildman–Crippen MR) is 107 cm³/mol. The zero-order valence-electron chi connectivity index (χ0n) is 15.3. The summed E-state index contributed by atoms with van der Waals surface area (Å²) in [5.41, 5.74) is 3.50. The molecule has 7 heteroatoms. The molecule has 0 spiro atoms. The Bertz CT molecular complexity index is 891. The molecule has 2 aromatic carbocycles. The third-order valence-corrected chi connectivity index (χ3v) is 4.31. The molecular formula is C20H21N5O2. The molecule has 0 amide bonds. The Balaban J connectivity index is 2.01. The van der Waals surface area contributed by atoms with Gasteiger partial charge in [-0.3, -0.25) is 10.1 Å². The van der Waals surface area contributed by atoms with Gasteiger partial charge in [-0.1, -0.05) is 50.2 Å². The molecule has 0 atom stereocenters. The lowest BCUT2D eigenvalue weighted by atomic mass is 10.1. The number of nitro groups is 1. The quantitative estimate of drug-likeness (QED) is 0.453. The third-order valence-electron chi connectivity index (χ3n) is 4.31. The van der Waals surface area contributed by atoms with Crippen LogP contribution in [0.15, 0.2) is 54.9 Å². The minimum Gasteiger partial charge on any atom is -0.334 e. The van der Waals surface area contributed by atoms with Crippen LogP contribution in [-0.2, 0) is 12.8 Å². The Kier molecular flexibility index (Phi) is 5.61. The summed E-state index contributed by atoms with van der Waals surface area (Å²) in [4.78, 5) is 19.5. The molecule has 27 heavy (non-hydrogen) atoms. The summed E-state index contributed by atoms with van der Waals surface area (Å²) < 4.78 is 0. The summed E-state index contributed by atoms with van der Waals surface area (Å²) in [6, 6.07) is 15.4. The van der Waals surface area contributed by atoms with Crippen LogP contribution in [0.5, 0.6) is 0 Å². The summed E-state index contributed by atoms with van der Waals surface area (Å²) in [6.45, 7) is 4.06. The first-order valence-electron chi connectivity index (χ1n) is 8.83. The van der Waals surface area contributed by atoms with E-state index in [1.165, 1.54) is 6.33 Å². The minimum absolute atomic E-state index is 0.160. The lowest BCUT2D eigenvalue weighted by molar-refractivity contribution is -0.383. The first-order chi connectivity index (χ1) is 13.1. The van der Waals surface area contributed by atoms with Gasteiger partial charge in [-0.15, -0.1) is 0 Å². The molecule has 0 aliphatic carbocycles. The van der Waals surface area contributed by atoms with E-state index in [9.17, 15) is 10.1 Å². The van der Waals surface area contributed by atoms with Crippen LogP contribution in [-0.4, -0.2) is 14.9 Å². The molecule has 7 nitrogen and oxygen atoms in total. The van der Waals surface area contributed by atoms with E-state index in [2.05, 4.69) is 20.6 Å². The van der Waals surface area contributed by atoms with Gasteiger partial charge in [-0.2, -0.15) is 0 Å². The predicted octanol–water partition coefficient (Wildman–Crippen LogP) is 5.00. The van der Waals surface area contributed by atoms with Gasteiger partial charge in [0.15, 0.2) is 0 Å². The molecule has 138 valence electrons. The number of aromatic nitrogens is 2. The van der Waals surface area contributed by atoms with Crippen LogP contribution in [0, 0.1) is 10.1 Å². The van der Waals surface area contributed by atoms with Crippen LogP contribution in [0.3, 0.4) is 0 Å². The Morgan fingerprint density at radius 3 is 1.70 bits per heavy atom. The fourth-order valence-corrected chi connectivity index (χ4v) is 2.89. The van der Waals surface area contributed by atoms with Crippen LogP contribution < -0.4 is 10.6 Å². The highest BCUT2D eigenvalue weighted by Crippen LogP contribution is 2.34. The van der Waals surface area contributed by atoms with Gasteiger partial charge < -0.3 is 10.6 Å². The highest BCUT2D eigenvalue weighted by Gasteiger charge is 2.24. The maximum Gasteiger partial charge on any atom is 0.353 e. The highest BCUT2D eigenvalue weighted by atomic mass is 16.6. The number of aryl methyl sites for hydroxylation is 2. The standard InChI is InChI=1S/C20H21N5O2/c1-3-14-9-5-7-11-16(14)23-19-18(25(26)27)20(22-13-21-19)24-17-12-8-6-10-15(17)4-2/h5-13H,3-4H2,1-2H3,(H2,21,22,23,24). The van der Waals surface area contributed by atoms with Gasteiger partial charge in [0, 0.05) is 11.4 Å². The van der Waals surface area contributed by atoms with Gasteiger partial charge in [-0.25, -0.2) is 9.97 Å². The zero-order valence-corrected chi connectivity index (χ0v) is 15.3. The molecule has 2 N–H and O–H groups in total. The molecule has 0 fully saturated rings. The van der Waals surface area contributed by atoms with Gasteiger partial charge >= 0.3 is 5.69 Å². The number of nitrogens with one attached hydrogen (secondary N) is 2. The molecule has 0 aliphatic rings. The van der Waals surface area contributed by atoms with Crippen LogP contribution in [0.4, 0.5) is 28.7 Å². The molecule has 3 aromatic rings. The highest BCUT2D eigenvalue weighted by molar-refractivity contribution is 5.78. The Morgan fingerprint density at radius 1 is 0.852 bits per heavy atom. The zero-order chi connectivity index (χ0) is 19.2. The average molecular weight is 363 g/mol. The lowest BCUT2D eigenvalue weighted by Gasteiger charge is -2.13.